The SMILES string of the molecule is Cc1csc2nc3c(F)cccc3c(=O)n12. The van der Waals surface area contributed by atoms with Crippen LogP contribution in [0.15, 0.2) is 28.4 Å². The highest BCUT2D eigenvalue weighted by Gasteiger charge is 2.10. The van der Waals surface area contributed by atoms with Crippen molar-refractivity contribution in [2.24, 2.45) is 0 Å². The van der Waals surface area contributed by atoms with Crippen LogP contribution in [0.2, 0.25) is 0 Å². The number of fused-ring (bicyclic) bond motifs is 2. The molecule has 0 atom stereocenters. The van der Waals surface area contributed by atoms with Crippen molar-refractivity contribution in [3.63, 3.8) is 0 Å². The summed E-state index contributed by atoms with van der Waals surface area (Å²) in [6.07, 6.45) is 0. The Morgan fingerprint density at radius 3 is 3.06 bits per heavy atom. The largest absolute Gasteiger partial charge is 0.268 e. The van der Waals surface area contributed by atoms with Gasteiger partial charge in [0.2, 0.25) is 0 Å². The van der Waals surface area contributed by atoms with Crippen LogP contribution < -0.4 is 5.56 Å². The number of para-hydroxylation sites is 1. The minimum atomic E-state index is -0.455. The molecule has 16 heavy (non-hydrogen) atoms. The Morgan fingerprint density at radius 1 is 1.44 bits per heavy atom. The molecule has 80 valence electrons. The highest BCUT2D eigenvalue weighted by molar-refractivity contribution is 7.15. The van der Waals surface area contributed by atoms with Crippen molar-refractivity contribution in [2.45, 2.75) is 6.92 Å². The summed E-state index contributed by atoms with van der Waals surface area (Å²) in [5, 5.41) is 2.15. The molecular weight excluding hydrogens is 227 g/mol. The fourth-order valence-corrected chi connectivity index (χ4v) is 2.59. The second kappa shape index (κ2) is 3.12. The van der Waals surface area contributed by atoms with E-state index in [1.165, 1.54) is 27.9 Å². The van der Waals surface area contributed by atoms with Crippen LogP contribution in [0.3, 0.4) is 0 Å². The minimum absolute atomic E-state index is 0.148. The van der Waals surface area contributed by atoms with Crippen molar-refractivity contribution in [1.29, 1.82) is 0 Å². The van der Waals surface area contributed by atoms with Crippen LogP contribution in [0.5, 0.6) is 0 Å². The van der Waals surface area contributed by atoms with Crippen molar-refractivity contribution in [3.05, 3.63) is 45.4 Å². The number of aryl methyl sites for hydroxylation is 1. The third-order valence-corrected chi connectivity index (χ3v) is 3.45. The molecule has 0 saturated carbocycles. The van der Waals surface area contributed by atoms with Crippen LogP contribution in [-0.2, 0) is 0 Å². The lowest BCUT2D eigenvalue weighted by molar-refractivity contribution is 0.636. The number of rotatable bonds is 0. The van der Waals surface area contributed by atoms with Gasteiger partial charge in [0.25, 0.3) is 5.56 Å². The molecule has 3 aromatic rings. The Kier molecular flexibility index (Phi) is 1.85. The lowest BCUT2D eigenvalue weighted by Gasteiger charge is -2.00. The van der Waals surface area contributed by atoms with Crippen LogP contribution in [-0.4, -0.2) is 9.38 Å². The summed E-state index contributed by atoms with van der Waals surface area (Å²) in [6.45, 7) is 1.83. The Morgan fingerprint density at radius 2 is 2.25 bits per heavy atom. The molecule has 0 fully saturated rings. The molecule has 0 aliphatic carbocycles. The molecule has 3 nitrogen and oxygen atoms in total. The maximum absolute atomic E-state index is 13.5. The van der Waals surface area contributed by atoms with Crippen molar-refractivity contribution in [2.75, 3.05) is 0 Å². The van der Waals surface area contributed by atoms with Crippen molar-refractivity contribution < 1.29 is 4.39 Å². The van der Waals surface area contributed by atoms with E-state index in [1.807, 2.05) is 12.3 Å². The number of hydrogen-bond donors (Lipinski definition) is 0. The average molecular weight is 234 g/mol. The van der Waals surface area contributed by atoms with E-state index in [9.17, 15) is 9.18 Å². The van der Waals surface area contributed by atoms with Gasteiger partial charge in [0.15, 0.2) is 4.96 Å². The summed E-state index contributed by atoms with van der Waals surface area (Å²) in [6, 6.07) is 4.43. The average Bonchev–Trinajstić information content (AvgIpc) is 2.63. The highest BCUT2D eigenvalue weighted by Crippen LogP contribution is 2.17. The quantitative estimate of drug-likeness (QED) is 0.598. The monoisotopic (exact) mass is 234 g/mol. The van der Waals surface area contributed by atoms with Gasteiger partial charge in [-0.25, -0.2) is 9.37 Å². The van der Waals surface area contributed by atoms with Crippen molar-refractivity contribution in [3.8, 4) is 0 Å². The molecule has 0 aliphatic heterocycles. The molecule has 0 saturated heterocycles. The number of thiazole rings is 1. The first-order chi connectivity index (χ1) is 7.68. The van der Waals surface area contributed by atoms with E-state index < -0.39 is 5.82 Å². The molecule has 0 spiro atoms. The second-order valence-electron chi connectivity index (χ2n) is 3.55. The van der Waals surface area contributed by atoms with E-state index in [0.29, 0.717) is 10.3 Å². The summed E-state index contributed by atoms with van der Waals surface area (Å²) in [7, 11) is 0. The lowest BCUT2D eigenvalue weighted by Crippen LogP contribution is -2.15. The second-order valence-corrected chi connectivity index (χ2v) is 4.38. The first-order valence-corrected chi connectivity index (χ1v) is 5.61. The standard InChI is InChI=1S/C11H7FN2OS/c1-6-5-16-11-13-9-7(10(15)14(6)11)3-2-4-8(9)12/h2-5H,1H3. The predicted molar refractivity (Wildman–Crippen MR) is 61.5 cm³/mol. The smallest absolute Gasteiger partial charge is 0.266 e. The first-order valence-electron chi connectivity index (χ1n) is 4.73. The zero-order chi connectivity index (χ0) is 11.3. The van der Waals surface area contributed by atoms with E-state index >= 15 is 0 Å². The summed E-state index contributed by atoms with van der Waals surface area (Å²) in [4.78, 5) is 16.8. The molecule has 0 N–H and O–H groups in total. The molecule has 3 rings (SSSR count). The molecule has 2 aromatic heterocycles. The lowest BCUT2D eigenvalue weighted by atomic mass is 10.2. The fraction of sp³-hybridized carbons (Fsp3) is 0.0909. The van der Waals surface area contributed by atoms with Gasteiger partial charge in [0, 0.05) is 11.1 Å². The molecule has 0 aliphatic rings. The molecule has 0 radical (unpaired) electrons. The van der Waals surface area contributed by atoms with Crippen LogP contribution in [0.25, 0.3) is 15.9 Å². The van der Waals surface area contributed by atoms with E-state index in [2.05, 4.69) is 4.98 Å². The molecular formula is C11H7FN2OS. The number of aromatic nitrogens is 2. The first kappa shape index (κ1) is 9.47. The third kappa shape index (κ3) is 1.12. The van der Waals surface area contributed by atoms with Gasteiger partial charge in [0.05, 0.1) is 5.39 Å². The maximum atomic E-state index is 13.5. The summed E-state index contributed by atoms with van der Waals surface area (Å²) >= 11 is 1.34. The van der Waals surface area contributed by atoms with Gasteiger partial charge in [-0.3, -0.25) is 9.20 Å². The number of benzene rings is 1. The van der Waals surface area contributed by atoms with E-state index in [0.717, 1.165) is 5.69 Å². The van der Waals surface area contributed by atoms with E-state index in [4.69, 9.17) is 0 Å². The van der Waals surface area contributed by atoms with Crippen LogP contribution in [0, 0.1) is 12.7 Å². The minimum Gasteiger partial charge on any atom is -0.268 e. The zero-order valence-electron chi connectivity index (χ0n) is 8.40. The molecule has 0 unspecified atom stereocenters. The molecule has 0 bridgehead atoms. The summed E-state index contributed by atoms with van der Waals surface area (Å²) in [5.74, 6) is -0.455. The topological polar surface area (TPSA) is 34.4 Å². The Labute approximate surface area is 93.8 Å². The fourth-order valence-electron chi connectivity index (χ4n) is 1.74. The normalized spacial score (nSPS) is 11.4. The van der Waals surface area contributed by atoms with Gasteiger partial charge in [-0.1, -0.05) is 6.07 Å². The maximum Gasteiger partial charge on any atom is 0.266 e. The van der Waals surface area contributed by atoms with Crippen LogP contribution in [0.4, 0.5) is 4.39 Å². The van der Waals surface area contributed by atoms with Gasteiger partial charge in [-0.15, -0.1) is 11.3 Å². The highest BCUT2D eigenvalue weighted by atomic mass is 32.1. The Balaban J connectivity index is 2.69. The van der Waals surface area contributed by atoms with Crippen molar-refractivity contribution >= 4 is 27.2 Å². The molecule has 1 aromatic carbocycles. The number of nitrogens with zero attached hydrogens (tertiary/aromatic N) is 2. The van der Waals surface area contributed by atoms with Gasteiger partial charge in [0.1, 0.15) is 11.3 Å². The van der Waals surface area contributed by atoms with E-state index in [1.54, 1.807) is 6.07 Å². The Bertz CT molecular complexity index is 760. The molecule has 0 amide bonds. The molecule has 2 heterocycles. The van der Waals surface area contributed by atoms with Gasteiger partial charge in [-0.2, -0.15) is 0 Å². The van der Waals surface area contributed by atoms with Crippen LogP contribution >= 0.6 is 11.3 Å². The number of halogens is 1. The van der Waals surface area contributed by atoms with Gasteiger partial charge in [-0.05, 0) is 19.1 Å². The van der Waals surface area contributed by atoms with Gasteiger partial charge < -0.3 is 0 Å². The molecule has 5 heteroatoms. The van der Waals surface area contributed by atoms with Gasteiger partial charge >= 0.3 is 0 Å². The predicted octanol–water partition coefficient (Wildman–Crippen LogP) is 2.36. The summed E-state index contributed by atoms with van der Waals surface area (Å²) < 4.78 is 15.0. The Hall–Kier alpha value is -1.75. The van der Waals surface area contributed by atoms with Crippen LogP contribution in [0.1, 0.15) is 5.69 Å². The van der Waals surface area contributed by atoms with Crippen molar-refractivity contribution in [1.82, 2.24) is 9.38 Å². The number of hydrogen-bond acceptors (Lipinski definition) is 3. The van der Waals surface area contributed by atoms with E-state index in [-0.39, 0.29) is 11.1 Å². The zero-order valence-corrected chi connectivity index (χ0v) is 9.21. The third-order valence-electron chi connectivity index (χ3n) is 2.51. The summed E-state index contributed by atoms with van der Waals surface area (Å²) in [5.41, 5.74) is 0.760.